The van der Waals surface area contributed by atoms with Crippen LogP contribution < -0.4 is 15.9 Å². The Morgan fingerprint density at radius 2 is 2.16 bits per heavy atom. The maximum absolute atomic E-state index is 13.1. The van der Waals surface area contributed by atoms with Crippen LogP contribution in [-0.2, 0) is 4.79 Å². The van der Waals surface area contributed by atoms with Crippen LogP contribution in [0.1, 0.15) is 46.5 Å². The summed E-state index contributed by atoms with van der Waals surface area (Å²) in [5.74, 6) is 1.34. The van der Waals surface area contributed by atoms with Gasteiger partial charge in [0.2, 0.25) is 0 Å². The Morgan fingerprint density at radius 3 is 2.91 bits per heavy atom. The number of hydrazone groups is 1. The number of carbonyl (C=O) groups is 1. The summed E-state index contributed by atoms with van der Waals surface area (Å²) >= 11 is 1.49. The number of allylic oxidation sites excluding steroid dienone is 4. The monoisotopic (exact) mass is 448 g/mol. The van der Waals surface area contributed by atoms with Crippen LogP contribution in [0.5, 0.6) is 0 Å². The first-order valence-electron chi connectivity index (χ1n) is 11.4. The fourth-order valence-corrected chi connectivity index (χ4v) is 5.27. The molecule has 0 saturated heterocycles. The van der Waals surface area contributed by atoms with Gasteiger partial charge in [0.05, 0.1) is 5.36 Å². The van der Waals surface area contributed by atoms with Gasteiger partial charge in [0.15, 0.2) is 5.17 Å². The third-order valence-corrected chi connectivity index (χ3v) is 7.14. The zero-order valence-corrected chi connectivity index (χ0v) is 20.0. The quantitative estimate of drug-likeness (QED) is 0.667. The van der Waals surface area contributed by atoms with Gasteiger partial charge < -0.3 is 0 Å². The maximum Gasteiger partial charge on any atom is 0.276 e. The van der Waals surface area contributed by atoms with Crippen LogP contribution >= 0.6 is 11.8 Å². The van der Waals surface area contributed by atoms with Gasteiger partial charge in [-0.1, -0.05) is 66.3 Å². The summed E-state index contributed by atoms with van der Waals surface area (Å²) in [7, 11) is 0. The minimum absolute atomic E-state index is 0.111. The van der Waals surface area contributed by atoms with Gasteiger partial charge in [0, 0.05) is 16.9 Å². The van der Waals surface area contributed by atoms with Crippen LogP contribution in [0.2, 0.25) is 0 Å². The zero-order valence-electron chi connectivity index (χ0n) is 19.2. The van der Waals surface area contributed by atoms with Gasteiger partial charge in [-0.3, -0.25) is 15.1 Å². The molecule has 0 spiro atoms. The molecule has 1 aromatic rings. The number of amides is 1. The van der Waals surface area contributed by atoms with Gasteiger partial charge in [-0.15, -0.1) is 11.7 Å². The molecule has 168 valence electrons. The van der Waals surface area contributed by atoms with Crippen molar-refractivity contribution >= 4 is 28.5 Å². The average Bonchev–Trinajstić information content (AvgIpc) is 2.77. The molecule has 0 aromatic heterocycles. The van der Waals surface area contributed by atoms with E-state index in [0.29, 0.717) is 28.5 Å². The second-order valence-corrected chi connectivity index (χ2v) is 9.98. The minimum atomic E-state index is -0.184. The van der Waals surface area contributed by atoms with Crippen molar-refractivity contribution in [1.29, 1.82) is 0 Å². The largest absolute Gasteiger partial charge is 0.298 e. The number of para-hydroxylation sites is 1. The van der Waals surface area contributed by atoms with Crippen molar-refractivity contribution in [3.8, 4) is 0 Å². The summed E-state index contributed by atoms with van der Waals surface area (Å²) in [6.07, 6.45) is 10.6. The summed E-state index contributed by atoms with van der Waals surface area (Å²) < 4.78 is 0. The molecule has 1 amide bonds. The number of fused-ring (bicyclic) bond motifs is 2. The molecule has 0 fully saturated rings. The number of thioether (sulfide) groups is 1. The molecule has 1 aliphatic carbocycles. The normalized spacial score (nSPS) is 24.3. The van der Waals surface area contributed by atoms with E-state index in [4.69, 9.17) is 10.1 Å². The third-order valence-electron chi connectivity index (χ3n) is 6.28. The summed E-state index contributed by atoms with van der Waals surface area (Å²) in [5.41, 5.74) is 3.52. The number of nitrogens with one attached hydrogen (secondary N) is 1. The Hall–Kier alpha value is -2.60. The van der Waals surface area contributed by atoms with Gasteiger partial charge in [0.25, 0.3) is 5.91 Å². The van der Waals surface area contributed by atoms with Gasteiger partial charge in [-0.2, -0.15) is 0 Å². The van der Waals surface area contributed by atoms with Crippen molar-refractivity contribution < 1.29 is 4.79 Å². The van der Waals surface area contributed by atoms with Crippen LogP contribution in [0.15, 0.2) is 70.3 Å². The van der Waals surface area contributed by atoms with Crippen LogP contribution in [-0.4, -0.2) is 28.0 Å². The fourth-order valence-electron chi connectivity index (χ4n) is 4.68. The van der Waals surface area contributed by atoms with Gasteiger partial charge in [-0.05, 0) is 51.5 Å². The number of hydrogen-bond donors (Lipinski definition) is 1. The molecule has 5 nitrogen and oxygen atoms in total. The molecular weight excluding hydrogens is 416 g/mol. The van der Waals surface area contributed by atoms with Crippen LogP contribution in [0.3, 0.4) is 0 Å². The number of benzene rings is 1. The van der Waals surface area contributed by atoms with Crippen molar-refractivity contribution in [3.63, 3.8) is 0 Å². The smallest absolute Gasteiger partial charge is 0.276 e. The van der Waals surface area contributed by atoms with E-state index in [2.05, 4.69) is 44.8 Å². The average molecular weight is 449 g/mol. The highest BCUT2D eigenvalue weighted by molar-refractivity contribution is 8.14. The fraction of sp³-hybridized carbons (Fsp3) is 0.423. The molecule has 1 aromatic carbocycles. The molecule has 0 radical (unpaired) electrons. The Kier molecular flexibility index (Phi) is 6.99. The highest BCUT2D eigenvalue weighted by Gasteiger charge is 2.40. The Morgan fingerprint density at radius 1 is 1.34 bits per heavy atom. The van der Waals surface area contributed by atoms with E-state index in [9.17, 15) is 4.79 Å². The predicted molar refractivity (Wildman–Crippen MR) is 133 cm³/mol. The molecule has 2 aliphatic heterocycles. The minimum Gasteiger partial charge on any atom is -0.298 e. The van der Waals surface area contributed by atoms with E-state index >= 15 is 0 Å². The van der Waals surface area contributed by atoms with Crippen molar-refractivity contribution in [1.82, 2.24) is 10.3 Å². The molecule has 0 bridgehead atoms. The molecule has 32 heavy (non-hydrogen) atoms. The van der Waals surface area contributed by atoms with Crippen molar-refractivity contribution in [2.24, 2.45) is 21.9 Å². The summed E-state index contributed by atoms with van der Waals surface area (Å²) in [6, 6.07) is 7.89. The number of amidine groups is 1. The molecule has 0 unspecified atom stereocenters. The van der Waals surface area contributed by atoms with Crippen molar-refractivity contribution in [3.05, 3.63) is 70.8 Å². The van der Waals surface area contributed by atoms with Crippen LogP contribution in [0.25, 0.3) is 5.70 Å². The molecule has 2 heterocycles. The molecular formula is C26H32N4OS. The first-order valence-corrected chi connectivity index (χ1v) is 12.4. The van der Waals surface area contributed by atoms with Gasteiger partial charge >= 0.3 is 0 Å². The number of hydrogen-bond acceptors (Lipinski definition) is 5. The summed E-state index contributed by atoms with van der Waals surface area (Å²) in [5, 5.41) is 12.0. The van der Waals surface area contributed by atoms with E-state index < -0.39 is 0 Å². The standard InChI is InChI=1S/C26H32N4OS/c1-5-15-32-26-28-25(31)23-21-11-6-7-12-22(21)27-24(30(23)29-26)20-14-13-19(16-18(20)4)10-8-9-17(2)3/h5-7,9,11-13,18,20,24H,1,8,10,14-16H2,2-4H3,(H,28,29,31)/t18-,20+,24-/m0/s1. The lowest BCUT2D eigenvalue weighted by Crippen LogP contribution is -2.55. The molecule has 3 aliphatic rings. The zero-order chi connectivity index (χ0) is 22.7. The van der Waals surface area contributed by atoms with Crippen LogP contribution in [0, 0.1) is 11.8 Å². The Bertz CT molecular complexity index is 1110. The highest BCUT2D eigenvalue weighted by Crippen LogP contribution is 2.38. The first-order chi connectivity index (χ1) is 15.5. The SMILES string of the molecule is C=CCSC1=NN2C(=c3ccccc3=N[C@@H]2[C@@H]2CC=C(CCC=C(C)C)C[C@@H]2C)C(=O)N1. The molecule has 3 atom stereocenters. The second kappa shape index (κ2) is 9.90. The lowest BCUT2D eigenvalue weighted by atomic mass is 9.77. The first kappa shape index (κ1) is 22.6. The maximum atomic E-state index is 13.1. The van der Waals surface area contributed by atoms with Crippen LogP contribution in [0.4, 0.5) is 0 Å². The van der Waals surface area contributed by atoms with Gasteiger partial charge in [0.1, 0.15) is 11.9 Å². The highest BCUT2D eigenvalue weighted by atomic mass is 32.2. The third kappa shape index (κ3) is 4.75. The number of carbonyl (C=O) groups excluding carboxylic acids is 1. The Balaban J connectivity index is 1.67. The number of rotatable bonds is 6. The number of nitrogens with zero attached hydrogens (tertiary/aromatic N) is 3. The molecule has 1 N–H and O–H groups in total. The van der Waals surface area contributed by atoms with Crippen molar-refractivity contribution in [2.75, 3.05) is 5.75 Å². The topological polar surface area (TPSA) is 57.1 Å². The Labute approximate surface area is 194 Å². The van der Waals surface area contributed by atoms with E-state index in [1.807, 2.05) is 35.4 Å². The summed E-state index contributed by atoms with van der Waals surface area (Å²) in [6.45, 7) is 10.4. The van der Waals surface area contributed by atoms with E-state index in [-0.39, 0.29) is 12.1 Å². The van der Waals surface area contributed by atoms with E-state index in [1.54, 1.807) is 0 Å². The molecule has 0 saturated carbocycles. The van der Waals surface area contributed by atoms with Crippen molar-refractivity contribution in [2.45, 2.75) is 52.6 Å². The second-order valence-electron chi connectivity index (χ2n) is 8.98. The lowest BCUT2D eigenvalue weighted by Gasteiger charge is -2.41. The lowest BCUT2D eigenvalue weighted by molar-refractivity contribution is -0.116. The van der Waals surface area contributed by atoms with E-state index in [0.717, 1.165) is 36.3 Å². The van der Waals surface area contributed by atoms with E-state index in [1.165, 1.54) is 22.9 Å². The summed E-state index contributed by atoms with van der Waals surface area (Å²) in [4.78, 5) is 18.2. The van der Waals surface area contributed by atoms with Gasteiger partial charge in [-0.25, -0.2) is 5.01 Å². The predicted octanol–water partition coefficient (Wildman–Crippen LogP) is 4.10. The molecule has 6 heteroatoms. The molecule has 4 rings (SSSR count).